The first-order valence-corrected chi connectivity index (χ1v) is 8.03. The molecule has 2 aromatic rings. The van der Waals surface area contributed by atoms with Crippen molar-refractivity contribution in [3.05, 3.63) is 46.5 Å². The molecule has 5 heteroatoms. The molecule has 0 bridgehead atoms. The van der Waals surface area contributed by atoms with Gasteiger partial charge in [-0.1, -0.05) is 24.3 Å². The van der Waals surface area contributed by atoms with E-state index in [-0.39, 0.29) is 5.91 Å². The Kier molecular flexibility index (Phi) is 4.99. The molecule has 3 nitrogen and oxygen atoms in total. The number of nitrogens with one attached hydrogen (secondary N) is 1. The van der Waals surface area contributed by atoms with Crippen molar-refractivity contribution in [2.75, 3.05) is 5.32 Å². The van der Waals surface area contributed by atoms with E-state index in [4.69, 9.17) is 0 Å². The van der Waals surface area contributed by atoms with Crippen LogP contribution in [0.2, 0.25) is 0 Å². The van der Waals surface area contributed by atoms with Gasteiger partial charge in [0, 0.05) is 23.8 Å². The number of benzene rings is 1. The van der Waals surface area contributed by atoms with Crippen LogP contribution in [-0.2, 0) is 16.3 Å². The summed E-state index contributed by atoms with van der Waals surface area (Å²) in [6, 6.07) is 8.42. The largest absolute Gasteiger partial charge is 0.302 e. The van der Waals surface area contributed by atoms with Crippen LogP contribution >= 0.6 is 23.1 Å². The molecule has 0 radical (unpaired) electrons. The first kappa shape index (κ1) is 14.1. The molecule has 2 rings (SSSR count). The maximum Gasteiger partial charge on any atom is 0.223 e. The summed E-state index contributed by atoms with van der Waals surface area (Å²) in [5, 5.41) is 5.38. The van der Waals surface area contributed by atoms with Crippen LogP contribution in [0.4, 0.5) is 5.13 Å². The highest BCUT2D eigenvalue weighted by Gasteiger charge is 2.04. The Morgan fingerprint density at radius 2 is 2.16 bits per heavy atom. The van der Waals surface area contributed by atoms with Crippen molar-refractivity contribution < 1.29 is 4.79 Å². The second-order valence-electron chi connectivity index (χ2n) is 4.24. The van der Waals surface area contributed by atoms with Crippen LogP contribution in [0.3, 0.4) is 0 Å². The van der Waals surface area contributed by atoms with Crippen molar-refractivity contribution in [2.45, 2.75) is 25.4 Å². The molecule has 1 N–H and O–H groups in total. The average Bonchev–Trinajstić information content (AvgIpc) is 2.78. The normalized spacial score (nSPS) is 10.4. The van der Waals surface area contributed by atoms with Crippen LogP contribution in [0, 0.1) is 6.92 Å². The van der Waals surface area contributed by atoms with Crippen LogP contribution in [0.25, 0.3) is 0 Å². The summed E-state index contributed by atoms with van der Waals surface area (Å²) in [5.41, 5.74) is 3.71. The lowest BCUT2D eigenvalue weighted by Crippen LogP contribution is -2.05. The molecular formula is C14H16N2OS2. The maximum absolute atomic E-state index is 10.9. The summed E-state index contributed by atoms with van der Waals surface area (Å²) in [6.45, 7) is 3.63. The monoisotopic (exact) mass is 292 g/mol. The molecule has 0 unspecified atom stereocenters. The lowest BCUT2D eigenvalue weighted by Gasteiger charge is -2.04. The third-order valence-corrected chi connectivity index (χ3v) is 4.43. The Bertz CT molecular complexity index is 566. The van der Waals surface area contributed by atoms with E-state index in [1.54, 1.807) is 0 Å². The summed E-state index contributed by atoms with van der Waals surface area (Å²) in [6.07, 6.45) is 0. The molecular weight excluding hydrogens is 276 g/mol. The molecule has 0 aliphatic heterocycles. The fourth-order valence-corrected chi connectivity index (χ4v) is 3.48. The summed E-state index contributed by atoms with van der Waals surface area (Å²) in [7, 11) is 0. The molecule has 1 aromatic heterocycles. The zero-order chi connectivity index (χ0) is 13.7. The minimum Gasteiger partial charge on any atom is -0.302 e. The number of thiazole rings is 1. The third-order valence-electron chi connectivity index (χ3n) is 2.60. The number of rotatable bonds is 5. The van der Waals surface area contributed by atoms with Gasteiger partial charge in [0.25, 0.3) is 0 Å². The van der Waals surface area contributed by atoms with Crippen LogP contribution < -0.4 is 5.32 Å². The van der Waals surface area contributed by atoms with Gasteiger partial charge in [-0.15, -0.1) is 11.3 Å². The second kappa shape index (κ2) is 6.73. The van der Waals surface area contributed by atoms with E-state index in [0.29, 0.717) is 5.13 Å². The number of anilines is 1. The lowest BCUT2D eigenvalue weighted by molar-refractivity contribution is -0.114. The Labute approximate surface area is 121 Å². The topological polar surface area (TPSA) is 42.0 Å². The molecule has 1 amide bonds. The number of carbonyl (C=O) groups is 1. The lowest BCUT2D eigenvalue weighted by atomic mass is 10.1. The zero-order valence-corrected chi connectivity index (χ0v) is 12.6. The van der Waals surface area contributed by atoms with Gasteiger partial charge in [-0.25, -0.2) is 4.98 Å². The van der Waals surface area contributed by atoms with E-state index in [9.17, 15) is 4.79 Å². The highest BCUT2D eigenvalue weighted by molar-refractivity contribution is 7.97. The summed E-state index contributed by atoms with van der Waals surface area (Å²) < 4.78 is 0. The molecule has 19 heavy (non-hydrogen) atoms. The van der Waals surface area contributed by atoms with Gasteiger partial charge < -0.3 is 5.32 Å². The number of hydrogen-bond donors (Lipinski definition) is 1. The molecule has 0 atom stereocenters. The van der Waals surface area contributed by atoms with Gasteiger partial charge >= 0.3 is 0 Å². The molecule has 1 heterocycles. The number of nitrogens with zero attached hydrogens (tertiary/aromatic N) is 1. The van der Waals surface area contributed by atoms with Crippen molar-refractivity contribution >= 4 is 34.1 Å². The number of aromatic nitrogens is 1. The van der Waals surface area contributed by atoms with Crippen LogP contribution in [-0.4, -0.2) is 10.9 Å². The van der Waals surface area contributed by atoms with Gasteiger partial charge in [0.2, 0.25) is 5.91 Å². The predicted octanol–water partition coefficient (Wildman–Crippen LogP) is 3.84. The second-order valence-corrected chi connectivity index (χ2v) is 6.09. The molecule has 0 aliphatic carbocycles. The summed E-state index contributed by atoms with van der Waals surface area (Å²) in [5.74, 6) is 1.78. The van der Waals surface area contributed by atoms with Crippen molar-refractivity contribution in [3.63, 3.8) is 0 Å². The van der Waals surface area contributed by atoms with Gasteiger partial charge in [-0.3, -0.25) is 4.79 Å². The number of amides is 1. The van der Waals surface area contributed by atoms with E-state index in [2.05, 4.69) is 41.5 Å². The zero-order valence-electron chi connectivity index (χ0n) is 11.0. The SMILES string of the molecule is CC(=O)Nc1nc(CSCc2ccccc2C)cs1. The van der Waals surface area contributed by atoms with Crippen molar-refractivity contribution in [1.82, 2.24) is 4.98 Å². The molecule has 100 valence electrons. The minimum absolute atomic E-state index is 0.0755. The number of aryl methyl sites for hydroxylation is 1. The summed E-state index contributed by atoms with van der Waals surface area (Å²) >= 11 is 3.31. The Morgan fingerprint density at radius 1 is 1.37 bits per heavy atom. The Balaban J connectivity index is 1.84. The standard InChI is InChI=1S/C14H16N2OS2/c1-10-5-3-4-6-12(10)7-18-8-13-9-19-14(16-13)15-11(2)17/h3-6,9H,7-8H2,1-2H3,(H,15,16,17). The Morgan fingerprint density at radius 3 is 2.89 bits per heavy atom. The molecule has 0 aliphatic rings. The maximum atomic E-state index is 10.9. The van der Waals surface area contributed by atoms with Crippen molar-refractivity contribution in [1.29, 1.82) is 0 Å². The van der Waals surface area contributed by atoms with Crippen LogP contribution in [0.15, 0.2) is 29.6 Å². The van der Waals surface area contributed by atoms with E-state index in [1.165, 1.54) is 29.4 Å². The van der Waals surface area contributed by atoms with Gasteiger partial charge in [0.15, 0.2) is 5.13 Å². The average molecular weight is 292 g/mol. The van der Waals surface area contributed by atoms with Gasteiger partial charge in [-0.2, -0.15) is 11.8 Å². The molecule has 0 fully saturated rings. The van der Waals surface area contributed by atoms with E-state index in [0.717, 1.165) is 17.2 Å². The van der Waals surface area contributed by atoms with E-state index >= 15 is 0 Å². The third kappa shape index (κ3) is 4.36. The van der Waals surface area contributed by atoms with Crippen LogP contribution in [0.1, 0.15) is 23.7 Å². The summed E-state index contributed by atoms with van der Waals surface area (Å²) in [4.78, 5) is 15.3. The first-order valence-electron chi connectivity index (χ1n) is 5.99. The molecule has 0 saturated heterocycles. The molecule has 0 spiro atoms. The fraction of sp³-hybridized carbons (Fsp3) is 0.286. The predicted molar refractivity (Wildman–Crippen MR) is 82.6 cm³/mol. The smallest absolute Gasteiger partial charge is 0.223 e. The van der Waals surface area contributed by atoms with Gasteiger partial charge in [0.05, 0.1) is 5.69 Å². The number of hydrogen-bond acceptors (Lipinski definition) is 4. The van der Waals surface area contributed by atoms with Gasteiger partial charge in [0.1, 0.15) is 0 Å². The van der Waals surface area contributed by atoms with Crippen molar-refractivity contribution in [3.8, 4) is 0 Å². The number of carbonyl (C=O) groups excluding carboxylic acids is 1. The van der Waals surface area contributed by atoms with E-state index < -0.39 is 0 Å². The number of thioether (sulfide) groups is 1. The molecule has 1 aromatic carbocycles. The first-order chi connectivity index (χ1) is 9.15. The Hall–Kier alpha value is -1.33. The van der Waals surface area contributed by atoms with Crippen molar-refractivity contribution in [2.24, 2.45) is 0 Å². The van der Waals surface area contributed by atoms with E-state index in [1.807, 2.05) is 17.1 Å². The highest BCUT2D eigenvalue weighted by atomic mass is 32.2. The quantitative estimate of drug-likeness (QED) is 0.910. The van der Waals surface area contributed by atoms with Gasteiger partial charge in [-0.05, 0) is 18.1 Å². The van der Waals surface area contributed by atoms with Crippen LogP contribution in [0.5, 0.6) is 0 Å². The highest BCUT2D eigenvalue weighted by Crippen LogP contribution is 2.22. The molecule has 0 saturated carbocycles. The fourth-order valence-electron chi connectivity index (χ4n) is 1.62. The minimum atomic E-state index is -0.0755.